The lowest BCUT2D eigenvalue weighted by Gasteiger charge is -2.52. The van der Waals surface area contributed by atoms with Gasteiger partial charge in [0.25, 0.3) is 0 Å². The zero-order chi connectivity index (χ0) is 14.8. The summed E-state index contributed by atoms with van der Waals surface area (Å²) in [6, 6.07) is 19.8. The molecule has 0 aromatic heterocycles. The largest absolute Gasteiger partial charge is 0.480 e. The maximum Gasteiger partial charge on any atom is 0.321 e. The molecule has 2 aromatic rings. The van der Waals surface area contributed by atoms with E-state index in [2.05, 4.69) is 11.8 Å². The summed E-state index contributed by atoms with van der Waals surface area (Å²) in [5.74, 6) is -0.676. The molecule has 0 unspecified atom stereocenters. The van der Waals surface area contributed by atoms with Crippen LogP contribution in [0, 0.1) is 0 Å². The topological polar surface area (TPSA) is 40.5 Å². The first kappa shape index (κ1) is 13.8. The maximum absolute atomic E-state index is 11.7. The molecule has 1 heterocycles. The summed E-state index contributed by atoms with van der Waals surface area (Å²) in [5.41, 5.74) is 2.27. The molecule has 3 nitrogen and oxygen atoms in total. The summed E-state index contributed by atoms with van der Waals surface area (Å²) < 4.78 is 0. The van der Waals surface area contributed by atoms with Crippen molar-refractivity contribution in [1.82, 2.24) is 4.90 Å². The predicted octanol–water partition coefficient (Wildman–Crippen LogP) is 3.13. The van der Waals surface area contributed by atoms with Crippen molar-refractivity contribution in [3.05, 3.63) is 71.8 Å². The van der Waals surface area contributed by atoms with E-state index in [-0.39, 0.29) is 12.0 Å². The van der Waals surface area contributed by atoms with Gasteiger partial charge in [0.1, 0.15) is 6.04 Å². The van der Waals surface area contributed by atoms with Crippen LogP contribution in [-0.4, -0.2) is 28.1 Å². The van der Waals surface area contributed by atoms with E-state index >= 15 is 0 Å². The van der Waals surface area contributed by atoms with Crippen LogP contribution in [0.25, 0.3) is 0 Å². The van der Waals surface area contributed by atoms with E-state index in [1.165, 1.54) is 0 Å². The molecule has 1 aliphatic heterocycles. The predicted molar refractivity (Wildman–Crippen MR) is 82.1 cm³/mol. The number of hydrogen-bond acceptors (Lipinski definition) is 2. The summed E-state index contributed by atoms with van der Waals surface area (Å²) in [5, 5.41) is 9.59. The number of benzene rings is 2. The van der Waals surface area contributed by atoms with Gasteiger partial charge in [-0.3, -0.25) is 9.69 Å². The van der Waals surface area contributed by atoms with E-state index in [0.29, 0.717) is 6.54 Å². The van der Waals surface area contributed by atoms with Gasteiger partial charge >= 0.3 is 5.97 Å². The smallest absolute Gasteiger partial charge is 0.321 e. The first-order chi connectivity index (χ1) is 10.2. The summed E-state index contributed by atoms with van der Waals surface area (Å²) in [6.07, 6.45) is 0. The van der Waals surface area contributed by atoms with E-state index in [9.17, 15) is 9.90 Å². The molecule has 3 atom stereocenters. The van der Waals surface area contributed by atoms with Crippen LogP contribution in [0.2, 0.25) is 0 Å². The SMILES string of the molecule is C[C@H]1[C@H](c2ccccc2)[C@@H](C(=O)O)N1Cc1ccccc1. The Balaban J connectivity index is 1.82. The molecule has 108 valence electrons. The molecule has 3 rings (SSSR count). The third-order valence-electron chi connectivity index (χ3n) is 4.39. The molecule has 0 saturated carbocycles. The average molecular weight is 281 g/mol. The molecular formula is C18H19NO2. The van der Waals surface area contributed by atoms with Crippen molar-refractivity contribution < 1.29 is 9.90 Å². The Bertz CT molecular complexity index is 612. The summed E-state index contributed by atoms with van der Waals surface area (Å²) in [7, 11) is 0. The van der Waals surface area contributed by atoms with Gasteiger partial charge in [0.05, 0.1) is 0 Å². The minimum atomic E-state index is -0.738. The normalized spacial score (nSPS) is 25.3. The van der Waals surface area contributed by atoms with Crippen molar-refractivity contribution >= 4 is 5.97 Å². The number of aliphatic carboxylic acids is 1. The molecule has 21 heavy (non-hydrogen) atoms. The van der Waals surface area contributed by atoms with Crippen LogP contribution in [0.3, 0.4) is 0 Å². The van der Waals surface area contributed by atoms with Crippen molar-refractivity contribution in [2.75, 3.05) is 0 Å². The third kappa shape index (κ3) is 2.57. The number of hydrogen-bond donors (Lipinski definition) is 1. The fourth-order valence-corrected chi connectivity index (χ4v) is 3.30. The highest BCUT2D eigenvalue weighted by Crippen LogP contribution is 2.41. The lowest BCUT2D eigenvalue weighted by atomic mass is 9.75. The van der Waals surface area contributed by atoms with Gasteiger partial charge in [-0.25, -0.2) is 0 Å². The Morgan fingerprint density at radius 3 is 2.19 bits per heavy atom. The average Bonchev–Trinajstić information content (AvgIpc) is 2.51. The van der Waals surface area contributed by atoms with Crippen molar-refractivity contribution in [2.45, 2.75) is 31.5 Å². The van der Waals surface area contributed by atoms with E-state index in [4.69, 9.17) is 0 Å². The minimum absolute atomic E-state index is 0.0624. The molecule has 0 spiro atoms. The van der Waals surface area contributed by atoms with Crippen molar-refractivity contribution in [1.29, 1.82) is 0 Å². The molecular weight excluding hydrogens is 262 g/mol. The van der Waals surface area contributed by atoms with Crippen LogP contribution < -0.4 is 0 Å². The van der Waals surface area contributed by atoms with Gasteiger partial charge in [0.2, 0.25) is 0 Å². The molecule has 0 amide bonds. The summed E-state index contributed by atoms with van der Waals surface area (Å²) in [4.78, 5) is 13.7. The van der Waals surface area contributed by atoms with E-state index in [1.54, 1.807) is 0 Å². The number of likely N-dealkylation sites (tertiary alicyclic amines) is 1. The van der Waals surface area contributed by atoms with Crippen LogP contribution in [-0.2, 0) is 11.3 Å². The van der Waals surface area contributed by atoms with E-state index < -0.39 is 12.0 Å². The molecule has 3 heteroatoms. The fraction of sp³-hybridized carbons (Fsp3) is 0.278. The highest BCUT2D eigenvalue weighted by Gasteiger charge is 2.50. The summed E-state index contributed by atoms with van der Waals surface area (Å²) >= 11 is 0. The van der Waals surface area contributed by atoms with Gasteiger partial charge in [-0.1, -0.05) is 60.7 Å². The molecule has 1 fully saturated rings. The van der Waals surface area contributed by atoms with Crippen molar-refractivity contribution in [2.24, 2.45) is 0 Å². The zero-order valence-electron chi connectivity index (χ0n) is 12.0. The molecule has 1 N–H and O–H groups in total. The van der Waals surface area contributed by atoms with Gasteiger partial charge in [0.15, 0.2) is 0 Å². The first-order valence-corrected chi connectivity index (χ1v) is 7.26. The Kier molecular flexibility index (Phi) is 3.76. The second kappa shape index (κ2) is 5.70. The van der Waals surface area contributed by atoms with Gasteiger partial charge in [0, 0.05) is 18.5 Å². The molecule has 0 bridgehead atoms. The van der Waals surface area contributed by atoms with Crippen LogP contribution in [0.4, 0.5) is 0 Å². The molecule has 0 aliphatic carbocycles. The number of carboxylic acids is 1. The van der Waals surface area contributed by atoms with Gasteiger partial charge < -0.3 is 5.11 Å². The van der Waals surface area contributed by atoms with Crippen LogP contribution in [0.5, 0.6) is 0 Å². The zero-order valence-corrected chi connectivity index (χ0v) is 12.0. The van der Waals surface area contributed by atoms with Crippen LogP contribution >= 0.6 is 0 Å². The van der Waals surface area contributed by atoms with Gasteiger partial charge in [-0.15, -0.1) is 0 Å². The van der Waals surface area contributed by atoms with Gasteiger partial charge in [-0.2, -0.15) is 0 Å². The molecule has 0 radical (unpaired) electrons. The number of carbonyl (C=O) groups is 1. The molecule has 1 saturated heterocycles. The lowest BCUT2D eigenvalue weighted by Crippen LogP contribution is -2.63. The minimum Gasteiger partial charge on any atom is -0.480 e. The Labute approximate surface area is 124 Å². The number of carboxylic acid groups (broad SMARTS) is 1. The monoisotopic (exact) mass is 281 g/mol. The second-order valence-corrected chi connectivity index (χ2v) is 5.62. The van der Waals surface area contributed by atoms with Crippen LogP contribution in [0.15, 0.2) is 60.7 Å². The van der Waals surface area contributed by atoms with E-state index in [0.717, 1.165) is 11.1 Å². The maximum atomic E-state index is 11.7. The van der Waals surface area contributed by atoms with Gasteiger partial charge in [-0.05, 0) is 18.1 Å². The fourth-order valence-electron chi connectivity index (χ4n) is 3.30. The first-order valence-electron chi connectivity index (χ1n) is 7.26. The standard InChI is InChI=1S/C18H19NO2/c1-13-16(15-10-6-3-7-11-15)17(18(20)21)19(13)12-14-8-4-2-5-9-14/h2-11,13,16-17H,12H2,1H3,(H,20,21)/t13-,16+,17-/m0/s1. The number of rotatable bonds is 4. The summed E-state index contributed by atoms with van der Waals surface area (Å²) in [6.45, 7) is 2.79. The van der Waals surface area contributed by atoms with Crippen molar-refractivity contribution in [3.8, 4) is 0 Å². The lowest BCUT2D eigenvalue weighted by molar-refractivity contribution is -0.155. The Morgan fingerprint density at radius 2 is 1.62 bits per heavy atom. The Hall–Kier alpha value is -2.13. The number of nitrogens with zero attached hydrogens (tertiary/aromatic N) is 1. The van der Waals surface area contributed by atoms with E-state index in [1.807, 2.05) is 60.7 Å². The quantitative estimate of drug-likeness (QED) is 0.936. The van der Waals surface area contributed by atoms with Crippen LogP contribution in [0.1, 0.15) is 24.0 Å². The van der Waals surface area contributed by atoms with Crippen molar-refractivity contribution in [3.63, 3.8) is 0 Å². The third-order valence-corrected chi connectivity index (χ3v) is 4.39. The molecule has 2 aromatic carbocycles. The highest BCUT2D eigenvalue weighted by atomic mass is 16.4. The molecule has 1 aliphatic rings. The highest BCUT2D eigenvalue weighted by molar-refractivity contribution is 5.77. The Morgan fingerprint density at radius 1 is 1.05 bits per heavy atom. The second-order valence-electron chi connectivity index (χ2n) is 5.62.